The van der Waals surface area contributed by atoms with Gasteiger partial charge in [-0.15, -0.1) is 0 Å². The quantitative estimate of drug-likeness (QED) is 0.671. The topological polar surface area (TPSA) is 9.23 Å². The van der Waals surface area contributed by atoms with E-state index in [0.717, 1.165) is 12.8 Å². The van der Waals surface area contributed by atoms with E-state index < -0.39 is 0 Å². The van der Waals surface area contributed by atoms with E-state index in [9.17, 15) is 0 Å². The van der Waals surface area contributed by atoms with Gasteiger partial charge in [-0.2, -0.15) is 0 Å². The first-order chi connectivity index (χ1) is 6.36. The number of benzene rings is 1. The second-order valence-electron chi connectivity index (χ2n) is 3.12. The van der Waals surface area contributed by atoms with Gasteiger partial charge in [0, 0.05) is 0 Å². The standard InChI is InChI=1S/C12H17O/c1-3-12(4-2)13-10-11-8-6-5-7-9-11/h5-9,12H,1,3-4,10H2,2H3. The molecule has 0 aliphatic heterocycles. The summed E-state index contributed by atoms with van der Waals surface area (Å²) in [5, 5.41) is 0. The molecule has 1 aromatic carbocycles. The van der Waals surface area contributed by atoms with Crippen molar-refractivity contribution in [3.05, 3.63) is 42.8 Å². The fourth-order valence-corrected chi connectivity index (χ4v) is 1.19. The summed E-state index contributed by atoms with van der Waals surface area (Å²) < 4.78 is 5.66. The molecule has 13 heavy (non-hydrogen) atoms. The van der Waals surface area contributed by atoms with Gasteiger partial charge >= 0.3 is 0 Å². The Labute approximate surface area is 80.7 Å². The monoisotopic (exact) mass is 177 g/mol. The van der Waals surface area contributed by atoms with E-state index in [4.69, 9.17) is 4.74 Å². The Hall–Kier alpha value is -0.820. The van der Waals surface area contributed by atoms with Crippen LogP contribution in [0.3, 0.4) is 0 Å². The molecule has 0 fully saturated rings. The number of hydrogen-bond donors (Lipinski definition) is 0. The van der Waals surface area contributed by atoms with E-state index in [2.05, 4.69) is 26.0 Å². The molecule has 0 aliphatic rings. The van der Waals surface area contributed by atoms with E-state index in [-0.39, 0.29) is 0 Å². The lowest BCUT2D eigenvalue weighted by Crippen LogP contribution is -2.09. The normalized spacial score (nSPS) is 10.7. The second kappa shape index (κ2) is 5.76. The molecule has 0 aliphatic carbocycles. The van der Waals surface area contributed by atoms with Crippen molar-refractivity contribution in [1.82, 2.24) is 0 Å². The van der Waals surface area contributed by atoms with Gasteiger partial charge in [0.15, 0.2) is 0 Å². The summed E-state index contributed by atoms with van der Waals surface area (Å²) >= 11 is 0. The summed E-state index contributed by atoms with van der Waals surface area (Å²) in [7, 11) is 0. The Balaban J connectivity index is 2.34. The minimum Gasteiger partial charge on any atom is -0.374 e. The molecule has 1 rings (SSSR count). The summed E-state index contributed by atoms with van der Waals surface area (Å²) in [4.78, 5) is 0. The van der Waals surface area contributed by atoms with Gasteiger partial charge in [-0.1, -0.05) is 44.2 Å². The van der Waals surface area contributed by atoms with Crippen molar-refractivity contribution in [1.29, 1.82) is 0 Å². The Morgan fingerprint density at radius 1 is 1.31 bits per heavy atom. The lowest BCUT2D eigenvalue weighted by atomic mass is 10.2. The van der Waals surface area contributed by atoms with E-state index in [0.29, 0.717) is 12.7 Å². The molecule has 1 aromatic rings. The van der Waals surface area contributed by atoms with Gasteiger partial charge in [0.2, 0.25) is 0 Å². The first kappa shape index (κ1) is 10.3. The molecular weight excluding hydrogens is 160 g/mol. The average Bonchev–Trinajstić information content (AvgIpc) is 2.21. The summed E-state index contributed by atoms with van der Waals surface area (Å²) in [5.41, 5.74) is 1.23. The zero-order chi connectivity index (χ0) is 9.52. The molecule has 0 aromatic heterocycles. The molecular formula is C12H17O. The minimum absolute atomic E-state index is 0.306. The van der Waals surface area contributed by atoms with E-state index in [1.54, 1.807) is 0 Å². The van der Waals surface area contributed by atoms with Crippen LogP contribution in [0, 0.1) is 6.92 Å². The molecule has 0 saturated heterocycles. The largest absolute Gasteiger partial charge is 0.374 e. The summed E-state index contributed by atoms with van der Waals surface area (Å²) in [6, 6.07) is 10.2. The van der Waals surface area contributed by atoms with Crippen LogP contribution in [0.4, 0.5) is 0 Å². The van der Waals surface area contributed by atoms with Crippen molar-refractivity contribution in [2.75, 3.05) is 0 Å². The maximum Gasteiger partial charge on any atom is 0.0720 e. The van der Waals surface area contributed by atoms with Crippen LogP contribution in [0.15, 0.2) is 30.3 Å². The molecule has 0 N–H and O–H groups in total. The minimum atomic E-state index is 0.306. The highest BCUT2D eigenvalue weighted by Gasteiger charge is 2.02. The highest BCUT2D eigenvalue weighted by atomic mass is 16.5. The van der Waals surface area contributed by atoms with Crippen LogP contribution >= 0.6 is 0 Å². The van der Waals surface area contributed by atoms with Gasteiger partial charge in [0.25, 0.3) is 0 Å². The predicted molar refractivity (Wildman–Crippen MR) is 55.3 cm³/mol. The molecule has 0 heterocycles. The first-order valence-corrected chi connectivity index (χ1v) is 4.81. The molecule has 1 heteroatoms. The van der Waals surface area contributed by atoms with Gasteiger partial charge in [-0.3, -0.25) is 0 Å². The molecule has 0 amide bonds. The highest BCUT2D eigenvalue weighted by molar-refractivity contribution is 5.13. The Bertz CT molecular complexity index is 214. The lowest BCUT2D eigenvalue weighted by Gasteiger charge is -2.13. The molecule has 71 valence electrons. The number of ether oxygens (including phenoxy) is 1. The van der Waals surface area contributed by atoms with Gasteiger partial charge in [0.05, 0.1) is 12.7 Å². The SMILES string of the molecule is [CH2]CC(CC)OCc1ccccc1. The Morgan fingerprint density at radius 3 is 2.54 bits per heavy atom. The van der Waals surface area contributed by atoms with Crippen LogP contribution in [-0.2, 0) is 11.3 Å². The fourth-order valence-electron chi connectivity index (χ4n) is 1.19. The third-order valence-electron chi connectivity index (χ3n) is 2.11. The van der Waals surface area contributed by atoms with Crippen molar-refractivity contribution in [2.24, 2.45) is 0 Å². The van der Waals surface area contributed by atoms with Crippen molar-refractivity contribution in [2.45, 2.75) is 32.5 Å². The molecule has 0 saturated carbocycles. The zero-order valence-electron chi connectivity index (χ0n) is 8.20. The van der Waals surface area contributed by atoms with E-state index in [1.807, 2.05) is 18.2 Å². The lowest BCUT2D eigenvalue weighted by molar-refractivity contribution is 0.0398. The van der Waals surface area contributed by atoms with Gasteiger partial charge < -0.3 is 4.74 Å². The van der Waals surface area contributed by atoms with E-state index >= 15 is 0 Å². The van der Waals surface area contributed by atoms with Crippen LogP contribution in [0.2, 0.25) is 0 Å². The van der Waals surface area contributed by atoms with Crippen LogP contribution in [0.25, 0.3) is 0 Å². The van der Waals surface area contributed by atoms with Crippen molar-refractivity contribution < 1.29 is 4.74 Å². The van der Waals surface area contributed by atoms with Gasteiger partial charge in [-0.05, 0) is 18.4 Å². The van der Waals surface area contributed by atoms with Crippen molar-refractivity contribution in [3.63, 3.8) is 0 Å². The molecule has 1 radical (unpaired) electrons. The third-order valence-corrected chi connectivity index (χ3v) is 2.11. The first-order valence-electron chi connectivity index (χ1n) is 4.81. The van der Waals surface area contributed by atoms with Crippen LogP contribution < -0.4 is 0 Å². The summed E-state index contributed by atoms with van der Waals surface area (Å²) in [6.45, 7) is 6.67. The maximum atomic E-state index is 5.66. The Kier molecular flexibility index (Phi) is 4.55. The number of hydrogen-bond acceptors (Lipinski definition) is 1. The van der Waals surface area contributed by atoms with Crippen molar-refractivity contribution >= 4 is 0 Å². The number of rotatable bonds is 5. The molecule has 0 bridgehead atoms. The smallest absolute Gasteiger partial charge is 0.0720 e. The molecule has 0 spiro atoms. The predicted octanol–water partition coefficient (Wildman–Crippen LogP) is 3.21. The maximum absolute atomic E-state index is 5.66. The molecule has 1 nitrogen and oxygen atoms in total. The van der Waals surface area contributed by atoms with Crippen LogP contribution in [0.5, 0.6) is 0 Å². The summed E-state index contributed by atoms with van der Waals surface area (Å²) in [5.74, 6) is 0. The van der Waals surface area contributed by atoms with Crippen LogP contribution in [0.1, 0.15) is 25.3 Å². The Morgan fingerprint density at radius 2 is 2.00 bits per heavy atom. The van der Waals surface area contributed by atoms with Gasteiger partial charge in [-0.25, -0.2) is 0 Å². The fraction of sp³-hybridized carbons (Fsp3) is 0.417. The molecule has 1 unspecified atom stereocenters. The summed E-state index contributed by atoms with van der Waals surface area (Å²) in [6.07, 6.45) is 2.19. The van der Waals surface area contributed by atoms with Crippen molar-refractivity contribution in [3.8, 4) is 0 Å². The van der Waals surface area contributed by atoms with Crippen LogP contribution in [-0.4, -0.2) is 6.10 Å². The van der Waals surface area contributed by atoms with Gasteiger partial charge in [0.1, 0.15) is 0 Å². The zero-order valence-corrected chi connectivity index (χ0v) is 8.20. The second-order valence-corrected chi connectivity index (χ2v) is 3.12. The average molecular weight is 177 g/mol. The van der Waals surface area contributed by atoms with E-state index in [1.165, 1.54) is 5.56 Å². The highest BCUT2D eigenvalue weighted by Crippen LogP contribution is 2.07. The third kappa shape index (κ3) is 3.60. The molecule has 1 atom stereocenters.